The van der Waals surface area contributed by atoms with Gasteiger partial charge in [-0.25, -0.2) is 0 Å². The molecule has 0 N–H and O–H groups in total. The van der Waals surface area contributed by atoms with E-state index in [1.54, 1.807) is 14.2 Å². The van der Waals surface area contributed by atoms with Crippen LogP contribution in [0.1, 0.15) is 22.3 Å². The minimum atomic E-state index is 0.847. The fourth-order valence-electron chi connectivity index (χ4n) is 5.27. The largest absolute Gasteiger partial charge is 0.497 e. The molecule has 0 heterocycles. The second-order valence-electron chi connectivity index (χ2n) is 9.72. The Labute approximate surface area is 235 Å². The molecule has 40 heavy (non-hydrogen) atoms. The van der Waals surface area contributed by atoms with Gasteiger partial charge in [0.15, 0.2) is 0 Å². The predicted octanol–water partition coefficient (Wildman–Crippen LogP) is 10.0. The third kappa shape index (κ3) is 5.12. The summed E-state index contributed by atoms with van der Waals surface area (Å²) in [4.78, 5) is 0. The summed E-state index contributed by atoms with van der Waals surface area (Å²) in [5, 5.41) is 4.88. The highest BCUT2D eigenvalue weighted by Gasteiger charge is 2.15. The lowest BCUT2D eigenvalue weighted by Crippen LogP contribution is -1.92. The maximum absolute atomic E-state index is 5.45. The molecule has 6 aromatic rings. The van der Waals surface area contributed by atoms with Gasteiger partial charge in [0, 0.05) is 0 Å². The van der Waals surface area contributed by atoms with Crippen molar-refractivity contribution in [1.29, 1.82) is 0 Å². The number of benzene rings is 6. The highest BCUT2D eigenvalue weighted by Crippen LogP contribution is 2.40. The Morgan fingerprint density at radius 3 is 1.32 bits per heavy atom. The van der Waals surface area contributed by atoms with Crippen LogP contribution in [-0.4, -0.2) is 14.2 Å². The maximum Gasteiger partial charge on any atom is 0.119 e. The number of fused-ring (bicyclic) bond motifs is 2. The van der Waals surface area contributed by atoms with Gasteiger partial charge in [-0.05, 0) is 79.2 Å². The topological polar surface area (TPSA) is 18.5 Å². The summed E-state index contributed by atoms with van der Waals surface area (Å²) in [5.41, 5.74) is 6.95. The zero-order chi connectivity index (χ0) is 27.3. The smallest absolute Gasteiger partial charge is 0.119 e. The molecule has 0 fully saturated rings. The molecule has 0 aliphatic heterocycles. The van der Waals surface area contributed by atoms with Crippen LogP contribution in [-0.2, 0) is 0 Å². The zero-order valence-corrected chi connectivity index (χ0v) is 22.7. The molecule has 0 bridgehead atoms. The normalized spacial score (nSPS) is 11.6. The van der Waals surface area contributed by atoms with Gasteiger partial charge in [-0.15, -0.1) is 0 Å². The Balaban J connectivity index is 1.59. The molecule has 0 aliphatic rings. The minimum Gasteiger partial charge on any atom is -0.497 e. The number of hydrogen-bond acceptors (Lipinski definition) is 2. The van der Waals surface area contributed by atoms with Crippen molar-refractivity contribution in [3.8, 4) is 22.6 Å². The van der Waals surface area contributed by atoms with E-state index in [1.165, 1.54) is 32.7 Å². The molecule has 0 spiro atoms. The van der Waals surface area contributed by atoms with Crippen LogP contribution in [0.5, 0.6) is 11.5 Å². The van der Waals surface area contributed by atoms with E-state index in [-0.39, 0.29) is 0 Å². The van der Waals surface area contributed by atoms with E-state index in [0.29, 0.717) is 0 Å². The van der Waals surface area contributed by atoms with E-state index >= 15 is 0 Å². The summed E-state index contributed by atoms with van der Waals surface area (Å²) in [5.74, 6) is 1.69. The Morgan fingerprint density at radius 2 is 0.875 bits per heavy atom. The molecule has 0 unspecified atom stereocenters. The lowest BCUT2D eigenvalue weighted by Gasteiger charge is -2.17. The second kappa shape index (κ2) is 11.3. The van der Waals surface area contributed by atoms with E-state index in [9.17, 15) is 0 Å². The van der Waals surface area contributed by atoms with Crippen molar-refractivity contribution in [2.75, 3.05) is 14.2 Å². The Hall–Kier alpha value is -5.08. The van der Waals surface area contributed by atoms with Gasteiger partial charge in [-0.2, -0.15) is 0 Å². The first-order valence-electron chi connectivity index (χ1n) is 13.4. The van der Waals surface area contributed by atoms with Crippen LogP contribution in [0.2, 0.25) is 0 Å². The van der Waals surface area contributed by atoms with Crippen LogP contribution in [0.4, 0.5) is 0 Å². The molecule has 0 aromatic heterocycles. The first kappa shape index (κ1) is 25.2. The lowest BCUT2D eigenvalue weighted by molar-refractivity contribution is 0.414. The van der Waals surface area contributed by atoms with Crippen molar-refractivity contribution in [2.45, 2.75) is 0 Å². The fraction of sp³-hybridized carbons (Fsp3) is 0.0526. The van der Waals surface area contributed by atoms with Gasteiger partial charge in [0.25, 0.3) is 0 Å². The van der Waals surface area contributed by atoms with Crippen molar-refractivity contribution in [3.05, 3.63) is 144 Å². The summed E-state index contributed by atoms with van der Waals surface area (Å²) < 4.78 is 10.9. The first-order chi connectivity index (χ1) is 19.7. The van der Waals surface area contributed by atoms with Crippen molar-refractivity contribution >= 4 is 45.8 Å². The number of methoxy groups -OCH3 is 2. The molecular weight excluding hydrogens is 488 g/mol. The molecule has 0 aliphatic carbocycles. The monoisotopic (exact) mass is 518 g/mol. The van der Waals surface area contributed by atoms with Crippen LogP contribution in [0.25, 0.3) is 57.0 Å². The van der Waals surface area contributed by atoms with E-state index in [1.807, 2.05) is 24.3 Å². The molecule has 0 radical (unpaired) electrons. The fourth-order valence-corrected chi connectivity index (χ4v) is 5.27. The number of ether oxygens (including phenoxy) is 2. The molecule has 2 heteroatoms. The predicted molar refractivity (Wildman–Crippen MR) is 171 cm³/mol. The zero-order valence-electron chi connectivity index (χ0n) is 22.7. The Morgan fingerprint density at radius 1 is 0.425 bits per heavy atom. The molecule has 2 nitrogen and oxygen atoms in total. The average Bonchev–Trinajstić information content (AvgIpc) is 3.02. The van der Waals surface area contributed by atoms with E-state index < -0.39 is 0 Å². The summed E-state index contributed by atoms with van der Waals surface area (Å²) >= 11 is 0. The van der Waals surface area contributed by atoms with Crippen LogP contribution >= 0.6 is 0 Å². The maximum atomic E-state index is 5.45. The van der Waals surface area contributed by atoms with Crippen molar-refractivity contribution in [2.24, 2.45) is 0 Å². The number of hydrogen-bond donors (Lipinski definition) is 0. The molecule has 0 amide bonds. The third-order valence-electron chi connectivity index (χ3n) is 7.27. The van der Waals surface area contributed by atoms with E-state index in [4.69, 9.17) is 9.47 Å². The highest BCUT2D eigenvalue weighted by atomic mass is 16.5. The molecule has 0 saturated heterocycles. The van der Waals surface area contributed by atoms with Crippen LogP contribution < -0.4 is 9.47 Å². The quantitative estimate of drug-likeness (QED) is 0.196. The van der Waals surface area contributed by atoms with Gasteiger partial charge in [0.2, 0.25) is 0 Å². The summed E-state index contributed by atoms with van der Waals surface area (Å²) in [6.45, 7) is 0. The van der Waals surface area contributed by atoms with Crippen LogP contribution in [0.3, 0.4) is 0 Å². The van der Waals surface area contributed by atoms with Gasteiger partial charge >= 0.3 is 0 Å². The summed E-state index contributed by atoms with van der Waals surface area (Å²) in [6.07, 6.45) is 8.75. The first-order valence-corrected chi connectivity index (χ1v) is 13.4. The SMILES string of the molecule is COc1cccc(/C=C/c2ccc3ccccc3c2-c2c(/C=C/c3cccc(OC)c3)ccc3ccccc23)c1. The number of rotatable bonds is 7. The summed E-state index contributed by atoms with van der Waals surface area (Å²) in [6, 6.07) is 42.4. The molecule has 0 atom stereocenters. The van der Waals surface area contributed by atoms with Crippen molar-refractivity contribution in [1.82, 2.24) is 0 Å². The van der Waals surface area contributed by atoms with Gasteiger partial charge in [0.05, 0.1) is 14.2 Å². The van der Waals surface area contributed by atoms with Gasteiger partial charge in [-0.1, -0.05) is 121 Å². The van der Waals surface area contributed by atoms with Crippen LogP contribution in [0.15, 0.2) is 121 Å². The molecule has 0 saturated carbocycles. The van der Waals surface area contributed by atoms with Gasteiger partial charge in [-0.3, -0.25) is 0 Å². The molecule has 194 valence electrons. The van der Waals surface area contributed by atoms with Crippen molar-refractivity contribution in [3.63, 3.8) is 0 Å². The van der Waals surface area contributed by atoms with Crippen molar-refractivity contribution < 1.29 is 9.47 Å². The highest BCUT2D eigenvalue weighted by molar-refractivity contribution is 6.11. The third-order valence-corrected chi connectivity index (χ3v) is 7.27. The van der Waals surface area contributed by atoms with Gasteiger partial charge in [0.1, 0.15) is 11.5 Å². The average molecular weight is 519 g/mol. The molecule has 6 aromatic carbocycles. The Kier molecular flexibility index (Phi) is 7.15. The second-order valence-corrected chi connectivity index (χ2v) is 9.72. The van der Waals surface area contributed by atoms with Crippen LogP contribution in [0, 0.1) is 0 Å². The molecule has 6 rings (SSSR count). The van der Waals surface area contributed by atoms with E-state index in [2.05, 4.69) is 121 Å². The van der Waals surface area contributed by atoms with Gasteiger partial charge < -0.3 is 9.47 Å². The van der Waals surface area contributed by atoms with E-state index in [0.717, 1.165) is 33.8 Å². The Bertz CT molecular complexity index is 1740. The molecular formula is C38H30O2. The standard InChI is InChI=1S/C38H30O2/c1-39-33-13-7-9-27(25-33)17-19-31-23-21-29-11-3-5-15-35(29)37(31)38-32(24-22-30-12-4-6-16-36(30)38)20-18-28-10-8-14-34(26-28)40-2/h3-26H,1-2H3/b19-17+,20-18+. The minimum absolute atomic E-state index is 0.847. The summed E-state index contributed by atoms with van der Waals surface area (Å²) in [7, 11) is 3.40. The lowest BCUT2D eigenvalue weighted by atomic mass is 9.86.